The van der Waals surface area contributed by atoms with Crippen molar-refractivity contribution in [1.82, 2.24) is 4.37 Å². The summed E-state index contributed by atoms with van der Waals surface area (Å²) < 4.78 is 9.51. The lowest BCUT2D eigenvalue weighted by Gasteiger charge is -2.36. The molecule has 1 aromatic rings. The van der Waals surface area contributed by atoms with E-state index in [9.17, 15) is 0 Å². The van der Waals surface area contributed by atoms with Crippen molar-refractivity contribution < 1.29 is 4.74 Å². The lowest BCUT2D eigenvalue weighted by atomic mass is 9.96. The molecule has 2 atom stereocenters. The first-order valence-electron chi connectivity index (χ1n) is 5.60. The molecule has 0 radical (unpaired) electrons. The number of hydrogen-bond acceptors (Lipinski definition) is 6. The van der Waals surface area contributed by atoms with Crippen molar-refractivity contribution in [2.75, 3.05) is 30.8 Å². The second-order valence-electron chi connectivity index (χ2n) is 4.35. The normalized spacial score (nSPS) is 24.6. The van der Waals surface area contributed by atoms with Crippen LogP contribution in [0.5, 0.6) is 0 Å². The Hall–Kier alpha value is -1.32. The summed E-state index contributed by atoms with van der Waals surface area (Å²) in [6, 6.07) is 2.13. The summed E-state index contributed by atoms with van der Waals surface area (Å²) in [7, 11) is 1.73. The molecule has 0 aliphatic carbocycles. The lowest BCUT2D eigenvalue weighted by Crippen LogP contribution is -2.43. The van der Waals surface area contributed by atoms with Crippen LogP contribution >= 0.6 is 11.5 Å². The van der Waals surface area contributed by atoms with Gasteiger partial charge in [0, 0.05) is 20.2 Å². The number of rotatable bonds is 2. The highest BCUT2D eigenvalue weighted by atomic mass is 32.1. The molecule has 1 aliphatic rings. The first-order valence-corrected chi connectivity index (χ1v) is 6.37. The van der Waals surface area contributed by atoms with Crippen LogP contribution in [0.25, 0.3) is 0 Å². The highest BCUT2D eigenvalue weighted by Crippen LogP contribution is 2.33. The fourth-order valence-corrected chi connectivity index (χ4v) is 2.94. The summed E-state index contributed by atoms with van der Waals surface area (Å²) in [6.07, 6.45) is 1.26. The number of nitriles is 1. The predicted octanol–water partition coefficient (Wildman–Crippen LogP) is 1.46. The number of methoxy groups -OCH3 is 1. The molecule has 0 saturated carbocycles. The number of piperidine rings is 1. The molecule has 2 N–H and O–H groups in total. The van der Waals surface area contributed by atoms with Crippen LogP contribution in [0.2, 0.25) is 0 Å². The fraction of sp³-hybridized carbons (Fsp3) is 0.636. The Labute approximate surface area is 105 Å². The van der Waals surface area contributed by atoms with Gasteiger partial charge in [0.2, 0.25) is 0 Å². The zero-order valence-electron chi connectivity index (χ0n) is 10.0. The third-order valence-corrected chi connectivity index (χ3v) is 4.21. The van der Waals surface area contributed by atoms with Crippen LogP contribution in [-0.4, -0.2) is 30.7 Å². The molecule has 1 aromatic heterocycles. The summed E-state index contributed by atoms with van der Waals surface area (Å²) >= 11 is 1.29. The number of nitrogen functional groups attached to an aromatic ring is 1. The monoisotopic (exact) mass is 252 g/mol. The van der Waals surface area contributed by atoms with Crippen LogP contribution in [0.15, 0.2) is 0 Å². The van der Waals surface area contributed by atoms with Gasteiger partial charge in [0.1, 0.15) is 16.6 Å². The fourth-order valence-electron chi connectivity index (χ4n) is 2.14. The van der Waals surface area contributed by atoms with E-state index in [-0.39, 0.29) is 6.10 Å². The van der Waals surface area contributed by atoms with E-state index in [1.54, 1.807) is 7.11 Å². The van der Waals surface area contributed by atoms with E-state index in [0.717, 1.165) is 24.5 Å². The summed E-state index contributed by atoms with van der Waals surface area (Å²) in [6.45, 7) is 3.92. The van der Waals surface area contributed by atoms with E-state index in [0.29, 0.717) is 17.3 Å². The standard InChI is InChI=1S/C11H16N4OS/c1-7-3-4-15(6-9(7)16-2)11-8(5-12)10(13)14-17-11/h7,9H,3-4,6H2,1-2H3,(H2,13,14). The van der Waals surface area contributed by atoms with Crippen LogP contribution in [0.4, 0.5) is 10.8 Å². The molecule has 0 bridgehead atoms. The van der Waals surface area contributed by atoms with E-state index in [1.807, 2.05) is 0 Å². The second kappa shape index (κ2) is 4.90. The summed E-state index contributed by atoms with van der Waals surface area (Å²) in [4.78, 5) is 2.15. The Balaban J connectivity index is 2.21. The molecule has 5 nitrogen and oxygen atoms in total. The molecule has 1 fully saturated rings. The maximum atomic E-state index is 9.07. The van der Waals surface area contributed by atoms with Gasteiger partial charge in [-0.15, -0.1) is 0 Å². The van der Waals surface area contributed by atoms with Gasteiger partial charge in [0.15, 0.2) is 5.82 Å². The second-order valence-corrected chi connectivity index (χ2v) is 5.10. The molecule has 2 unspecified atom stereocenters. The Bertz CT molecular complexity index is 439. The zero-order valence-corrected chi connectivity index (χ0v) is 10.8. The molecule has 0 aromatic carbocycles. The Kier molecular flexibility index (Phi) is 3.50. The van der Waals surface area contributed by atoms with Crippen molar-refractivity contribution in [3.05, 3.63) is 5.56 Å². The average molecular weight is 252 g/mol. The number of hydrogen-bond donors (Lipinski definition) is 1. The first-order chi connectivity index (χ1) is 8.17. The largest absolute Gasteiger partial charge is 0.382 e. The van der Waals surface area contributed by atoms with Gasteiger partial charge in [-0.1, -0.05) is 6.92 Å². The van der Waals surface area contributed by atoms with Crippen molar-refractivity contribution in [3.63, 3.8) is 0 Å². The molecule has 17 heavy (non-hydrogen) atoms. The van der Waals surface area contributed by atoms with Crippen LogP contribution in [0.1, 0.15) is 18.9 Å². The quantitative estimate of drug-likeness (QED) is 0.862. The molecule has 2 rings (SSSR count). The van der Waals surface area contributed by atoms with Gasteiger partial charge >= 0.3 is 0 Å². The first kappa shape index (κ1) is 12.1. The maximum absolute atomic E-state index is 9.07. The lowest BCUT2D eigenvalue weighted by molar-refractivity contribution is 0.0500. The van der Waals surface area contributed by atoms with Gasteiger partial charge in [-0.05, 0) is 23.9 Å². The van der Waals surface area contributed by atoms with Gasteiger partial charge in [0.25, 0.3) is 0 Å². The number of nitrogens with two attached hydrogens (primary N) is 1. The minimum absolute atomic E-state index is 0.207. The van der Waals surface area contributed by atoms with Crippen LogP contribution in [-0.2, 0) is 4.74 Å². The molecule has 1 aliphatic heterocycles. The van der Waals surface area contributed by atoms with E-state index < -0.39 is 0 Å². The third-order valence-electron chi connectivity index (χ3n) is 3.29. The molecule has 0 spiro atoms. The van der Waals surface area contributed by atoms with Crippen molar-refractivity contribution in [2.24, 2.45) is 5.92 Å². The molecular formula is C11H16N4OS. The predicted molar refractivity (Wildman–Crippen MR) is 68.0 cm³/mol. The van der Waals surface area contributed by atoms with E-state index in [1.165, 1.54) is 11.5 Å². The zero-order chi connectivity index (χ0) is 12.4. The molecule has 1 saturated heterocycles. The molecule has 6 heteroatoms. The average Bonchev–Trinajstić information content (AvgIpc) is 2.71. The smallest absolute Gasteiger partial charge is 0.157 e. The van der Waals surface area contributed by atoms with Crippen LogP contribution in [0, 0.1) is 17.2 Å². The van der Waals surface area contributed by atoms with Crippen molar-refractivity contribution in [2.45, 2.75) is 19.4 Å². The Morgan fingerprint density at radius 2 is 2.41 bits per heavy atom. The topological polar surface area (TPSA) is 75.2 Å². The minimum Gasteiger partial charge on any atom is -0.382 e. The van der Waals surface area contributed by atoms with E-state index in [4.69, 9.17) is 15.7 Å². The van der Waals surface area contributed by atoms with E-state index in [2.05, 4.69) is 22.3 Å². The summed E-state index contributed by atoms with van der Waals surface area (Å²) in [5.41, 5.74) is 6.17. The molecule has 2 heterocycles. The number of ether oxygens (including phenoxy) is 1. The highest BCUT2D eigenvalue weighted by Gasteiger charge is 2.29. The van der Waals surface area contributed by atoms with Gasteiger partial charge < -0.3 is 15.4 Å². The summed E-state index contributed by atoms with van der Waals surface area (Å²) in [5.74, 6) is 0.882. The SMILES string of the molecule is COC1CN(c2snc(N)c2C#N)CCC1C. The van der Waals surface area contributed by atoms with Gasteiger partial charge in [-0.3, -0.25) is 0 Å². The van der Waals surface area contributed by atoms with Gasteiger partial charge in [-0.2, -0.15) is 9.64 Å². The van der Waals surface area contributed by atoms with Crippen molar-refractivity contribution in [1.29, 1.82) is 5.26 Å². The third kappa shape index (κ3) is 2.21. The van der Waals surface area contributed by atoms with Crippen LogP contribution in [0.3, 0.4) is 0 Å². The maximum Gasteiger partial charge on any atom is 0.157 e. The number of aromatic nitrogens is 1. The van der Waals surface area contributed by atoms with Crippen molar-refractivity contribution >= 4 is 22.4 Å². The van der Waals surface area contributed by atoms with E-state index >= 15 is 0 Å². The molecular weight excluding hydrogens is 236 g/mol. The van der Waals surface area contributed by atoms with Gasteiger partial charge in [0.05, 0.1) is 6.10 Å². The summed E-state index contributed by atoms with van der Waals surface area (Å²) in [5, 5.41) is 9.95. The molecule has 0 amide bonds. The van der Waals surface area contributed by atoms with Gasteiger partial charge in [-0.25, -0.2) is 0 Å². The molecule has 92 valence electrons. The highest BCUT2D eigenvalue weighted by molar-refractivity contribution is 7.10. The Morgan fingerprint density at radius 1 is 1.65 bits per heavy atom. The minimum atomic E-state index is 0.207. The number of nitrogens with zero attached hydrogens (tertiary/aromatic N) is 3. The Morgan fingerprint density at radius 3 is 3.06 bits per heavy atom. The number of anilines is 2. The van der Waals surface area contributed by atoms with Crippen molar-refractivity contribution in [3.8, 4) is 6.07 Å². The van der Waals surface area contributed by atoms with Crippen LogP contribution < -0.4 is 10.6 Å².